The van der Waals surface area contributed by atoms with Gasteiger partial charge in [-0.1, -0.05) is 60.7 Å². The molecular formula is C28H28N2O2. The number of hydrogen-bond donors (Lipinski definition) is 0. The predicted molar refractivity (Wildman–Crippen MR) is 129 cm³/mol. The van der Waals surface area contributed by atoms with Crippen LogP contribution in [0.1, 0.15) is 33.4 Å². The number of carbonyl (C=O) groups is 2. The first kappa shape index (κ1) is 21.6. The van der Waals surface area contributed by atoms with Crippen LogP contribution in [0, 0.1) is 27.7 Å². The van der Waals surface area contributed by atoms with Crippen LogP contribution in [0.25, 0.3) is 5.57 Å². The summed E-state index contributed by atoms with van der Waals surface area (Å²) < 4.78 is 0. The fraction of sp³-hybridized carbons (Fsp3) is 0.214. The molecule has 3 aromatic carbocycles. The Morgan fingerprint density at radius 3 is 2.16 bits per heavy atom. The van der Waals surface area contributed by atoms with Crippen molar-refractivity contribution in [2.75, 3.05) is 11.9 Å². The zero-order valence-corrected chi connectivity index (χ0v) is 19.3. The minimum Gasteiger partial charge on any atom is -0.365 e. The van der Waals surface area contributed by atoms with Crippen LogP contribution in [0.5, 0.6) is 0 Å². The molecule has 0 spiro atoms. The maximum absolute atomic E-state index is 13.8. The molecule has 1 aliphatic rings. The summed E-state index contributed by atoms with van der Waals surface area (Å²) in [5.41, 5.74) is 7.59. The second-order valence-corrected chi connectivity index (χ2v) is 8.53. The standard InChI is InChI=1S/C28H28N2O2/c1-18-14-15-23(16-20(18)3)25-26(29(5)17-22-11-7-6-8-12-22)28(32)30(27(25)31)24-13-9-10-19(2)21(24)4/h6-16H,17H2,1-5H3. The second kappa shape index (κ2) is 8.46. The molecule has 4 rings (SSSR count). The highest BCUT2D eigenvalue weighted by Gasteiger charge is 2.42. The molecular weight excluding hydrogens is 396 g/mol. The van der Waals surface area contributed by atoms with Crippen LogP contribution in [0.4, 0.5) is 5.69 Å². The lowest BCUT2D eigenvalue weighted by molar-refractivity contribution is -0.120. The van der Waals surface area contributed by atoms with E-state index < -0.39 is 0 Å². The van der Waals surface area contributed by atoms with Crippen molar-refractivity contribution in [3.8, 4) is 0 Å². The fourth-order valence-electron chi connectivity index (χ4n) is 4.16. The van der Waals surface area contributed by atoms with Crippen LogP contribution in [-0.2, 0) is 16.1 Å². The SMILES string of the molecule is Cc1ccc(C2=C(N(C)Cc3ccccc3)C(=O)N(c3cccc(C)c3C)C2=O)cc1C. The van der Waals surface area contributed by atoms with Gasteiger partial charge in [0.1, 0.15) is 5.70 Å². The average molecular weight is 425 g/mol. The van der Waals surface area contributed by atoms with E-state index in [0.717, 1.165) is 33.4 Å². The molecule has 0 atom stereocenters. The number of likely N-dealkylation sites (N-methyl/N-ethyl adjacent to an activating group) is 1. The van der Waals surface area contributed by atoms with Gasteiger partial charge in [-0.2, -0.15) is 0 Å². The summed E-state index contributed by atoms with van der Waals surface area (Å²) in [5, 5.41) is 0. The van der Waals surface area contributed by atoms with Gasteiger partial charge >= 0.3 is 0 Å². The first-order valence-electron chi connectivity index (χ1n) is 10.8. The molecule has 0 radical (unpaired) electrons. The van der Waals surface area contributed by atoms with E-state index in [1.54, 1.807) is 0 Å². The monoisotopic (exact) mass is 424 g/mol. The zero-order valence-electron chi connectivity index (χ0n) is 19.3. The summed E-state index contributed by atoms with van der Waals surface area (Å²) in [7, 11) is 1.88. The third kappa shape index (κ3) is 3.73. The molecule has 4 nitrogen and oxygen atoms in total. The van der Waals surface area contributed by atoms with E-state index in [1.807, 2.05) is 106 Å². The van der Waals surface area contributed by atoms with E-state index in [9.17, 15) is 9.59 Å². The van der Waals surface area contributed by atoms with Crippen molar-refractivity contribution < 1.29 is 9.59 Å². The van der Waals surface area contributed by atoms with E-state index in [-0.39, 0.29) is 11.8 Å². The molecule has 0 saturated carbocycles. The molecule has 0 unspecified atom stereocenters. The first-order chi connectivity index (χ1) is 15.3. The lowest BCUT2D eigenvalue weighted by Crippen LogP contribution is -2.34. The lowest BCUT2D eigenvalue weighted by Gasteiger charge is -2.22. The van der Waals surface area contributed by atoms with Crippen LogP contribution in [0.2, 0.25) is 0 Å². The van der Waals surface area contributed by atoms with Gasteiger partial charge in [0.05, 0.1) is 11.3 Å². The molecule has 4 heteroatoms. The molecule has 0 N–H and O–H groups in total. The molecule has 0 aromatic heterocycles. The minimum atomic E-state index is -0.282. The molecule has 0 aliphatic carbocycles. The predicted octanol–water partition coefficient (Wildman–Crippen LogP) is 5.34. The number of hydrogen-bond acceptors (Lipinski definition) is 3. The van der Waals surface area contributed by atoms with Crippen LogP contribution < -0.4 is 4.90 Å². The van der Waals surface area contributed by atoms with E-state index in [4.69, 9.17) is 0 Å². The third-order valence-corrected chi connectivity index (χ3v) is 6.32. The summed E-state index contributed by atoms with van der Waals surface area (Å²) in [6.45, 7) is 8.54. The van der Waals surface area contributed by atoms with Gasteiger partial charge in [-0.25, -0.2) is 4.90 Å². The maximum Gasteiger partial charge on any atom is 0.282 e. The number of carbonyl (C=O) groups excluding carboxylic acids is 2. The maximum atomic E-state index is 13.8. The van der Waals surface area contributed by atoms with Crippen LogP contribution in [0.3, 0.4) is 0 Å². The molecule has 32 heavy (non-hydrogen) atoms. The molecule has 1 heterocycles. The Bertz CT molecular complexity index is 1240. The molecule has 2 amide bonds. The van der Waals surface area contributed by atoms with Gasteiger partial charge in [-0.3, -0.25) is 9.59 Å². The number of benzene rings is 3. The Hall–Kier alpha value is -3.66. The van der Waals surface area contributed by atoms with E-state index >= 15 is 0 Å². The summed E-state index contributed by atoms with van der Waals surface area (Å²) in [4.78, 5) is 30.7. The van der Waals surface area contributed by atoms with Crippen molar-refractivity contribution in [2.24, 2.45) is 0 Å². The summed E-state index contributed by atoms with van der Waals surface area (Å²) >= 11 is 0. The molecule has 0 fully saturated rings. The van der Waals surface area contributed by atoms with E-state index in [2.05, 4.69) is 0 Å². The Morgan fingerprint density at radius 2 is 1.47 bits per heavy atom. The van der Waals surface area contributed by atoms with Crippen molar-refractivity contribution in [1.29, 1.82) is 0 Å². The molecule has 3 aromatic rings. The summed E-state index contributed by atoms with van der Waals surface area (Å²) in [6.07, 6.45) is 0. The number of anilines is 1. The normalized spacial score (nSPS) is 13.8. The topological polar surface area (TPSA) is 40.6 Å². The number of amides is 2. The highest BCUT2D eigenvalue weighted by Crippen LogP contribution is 2.37. The van der Waals surface area contributed by atoms with Gasteiger partial charge in [0, 0.05) is 13.6 Å². The van der Waals surface area contributed by atoms with Crippen molar-refractivity contribution in [1.82, 2.24) is 4.90 Å². The summed E-state index contributed by atoms with van der Waals surface area (Å²) in [6, 6.07) is 21.6. The second-order valence-electron chi connectivity index (χ2n) is 8.53. The first-order valence-corrected chi connectivity index (χ1v) is 10.8. The Balaban J connectivity index is 1.85. The number of imide groups is 1. The molecule has 0 saturated heterocycles. The van der Waals surface area contributed by atoms with Gasteiger partial charge in [0.15, 0.2) is 0 Å². The Labute approximate surface area is 189 Å². The van der Waals surface area contributed by atoms with Crippen LogP contribution in [-0.4, -0.2) is 23.8 Å². The van der Waals surface area contributed by atoms with Gasteiger partial charge < -0.3 is 4.90 Å². The largest absolute Gasteiger partial charge is 0.365 e. The summed E-state index contributed by atoms with van der Waals surface area (Å²) in [5.74, 6) is -0.558. The highest BCUT2D eigenvalue weighted by atomic mass is 16.2. The van der Waals surface area contributed by atoms with Crippen molar-refractivity contribution in [3.05, 3.63) is 106 Å². The van der Waals surface area contributed by atoms with E-state index in [1.165, 1.54) is 4.90 Å². The molecule has 0 bridgehead atoms. The van der Waals surface area contributed by atoms with Crippen molar-refractivity contribution in [2.45, 2.75) is 34.2 Å². The fourth-order valence-corrected chi connectivity index (χ4v) is 4.16. The van der Waals surface area contributed by atoms with Gasteiger partial charge in [0.2, 0.25) is 0 Å². The van der Waals surface area contributed by atoms with Gasteiger partial charge in [-0.05, 0) is 67.1 Å². The lowest BCUT2D eigenvalue weighted by atomic mass is 9.99. The third-order valence-electron chi connectivity index (χ3n) is 6.32. The zero-order chi connectivity index (χ0) is 23.0. The van der Waals surface area contributed by atoms with Gasteiger partial charge in [-0.15, -0.1) is 0 Å². The van der Waals surface area contributed by atoms with Crippen LogP contribution >= 0.6 is 0 Å². The van der Waals surface area contributed by atoms with Crippen molar-refractivity contribution >= 4 is 23.1 Å². The number of rotatable bonds is 5. The van der Waals surface area contributed by atoms with Crippen LogP contribution in [0.15, 0.2) is 72.4 Å². The average Bonchev–Trinajstić information content (AvgIpc) is 3.03. The number of aryl methyl sites for hydroxylation is 3. The quantitative estimate of drug-likeness (QED) is 0.519. The minimum absolute atomic E-state index is 0.276. The number of nitrogens with zero attached hydrogens (tertiary/aromatic N) is 2. The van der Waals surface area contributed by atoms with Crippen molar-refractivity contribution in [3.63, 3.8) is 0 Å². The Morgan fingerprint density at radius 1 is 0.750 bits per heavy atom. The highest BCUT2D eigenvalue weighted by molar-refractivity contribution is 6.45. The Kier molecular flexibility index (Phi) is 5.70. The molecule has 162 valence electrons. The van der Waals surface area contributed by atoms with Gasteiger partial charge in [0.25, 0.3) is 11.8 Å². The van der Waals surface area contributed by atoms with E-state index in [0.29, 0.717) is 23.5 Å². The smallest absolute Gasteiger partial charge is 0.282 e. The molecule has 1 aliphatic heterocycles.